The molecule has 1 aromatic heterocycles. The van der Waals surface area contributed by atoms with Gasteiger partial charge in [-0.3, -0.25) is 0 Å². The molecule has 0 saturated carbocycles. The van der Waals surface area contributed by atoms with Crippen LogP contribution in [-0.2, 0) is 0 Å². The maximum atomic E-state index is 4.71. The predicted molar refractivity (Wildman–Crippen MR) is 87.4 cm³/mol. The molecule has 0 radical (unpaired) electrons. The highest BCUT2D eigenvalue weighted by atomic mass is 15.1. The fraction of sp³-hybridized carbons (Fsp3) is 0.471. The number of rotatable bonds is 6. The van der Waals surface area contributed by atoms with Gasteiger partial charge in [0.05, 0.1) is 5.52 Å². The number of anilines is 1. The number of aromatic nitrogens is 1. The van der Waals surface area contributed by atoms with Crippen molar-refractivity contribution in [2.45, 2.75) is 33.2 Å². The van der Waals surface area contributed by atoms with Crippen molar-refractivity contribution in [3.63, 3.8) is 0 Å². The molecule has 0 aliphatic heterocycles. The molecule has 2 rings (SSSR count). The van der Waals surface area contributed by atoms with Crippen LogP contribution in [-0.4, -0.2) is 36.1 Å². The van der Waals surface area contributed by atoms with Crippen molar-refractivity contribution in [1.82, 2.24) is 9.88 Å². The van der Waals surface area contributed by atoms with Crippen molar-refractivity contribution in [2.75, 3.05) is 25.5 Å². The number of hydrogen-bond acceptors (Lipinski definition) is 3. The van der Waals surface area contributed by atoms with E-state index in [4.69, 9.17) is 4.98 Å². The Labute approximate surface area is 122 Å². The molecule has 0 bridgehead atoms. The van der Waals surface area contributed by atoms with Gasteiger partial charge in [0.25, 0.3) is 0 Å². The van der Waals surface area contributed by atoms with E-state index in [2.05, 4.69) is 62.3 Å². The Hall–Kier alpha value is -1.61. The monoisotopic (exact) mass is 271 g/mol. The third-order valence-electron chi connectivity index (χ3n) is 4.01. The molecule has 1 heterocycles. The number of para-hydroxylation sites is 1. The fourth-order valence-corrected chi connectivity index (χ4v) is 2.28. The van der Waals surface area contributed by atoms with Crippen LogP contribution in [0.5, 0.6) is 0 Å². The number of nitrogens with one attached hydrogen (secondary N) is 1. The number of likely N-dealkylation sites (N-methyl/N-ethyl adjacent to an activating group) is 1. The van der Waals surface area contributed by atoms with Crippen molar-refractivity contribution < 1.29 is 0 Å². The first-order valence-corrected chi connectivity index (χ1v) is 7.42. The molecule has 0 aliphatic carbocycles. The molecule has 0 aliphatic rings. The van der Waals surface area contributed by atoms with E-state index in [1.807, 2.05) is 6.07 Å². The maximum absolute atomic E-state index is 4.71. The number of benzene rings is 1. The first-order chi connectivity index (χ1) is 9.61. The second kappa shape index (κ2) is 6.71. The Bertz CT molecular complexity index is 565. The molecule has 1 N–H and O–H groups in total. The van der Waals surface area contributed by atoms with Crippen LogP contribution in [0.25, 0.3) is 10.9 Å². The van der Waals surface area contributed by atoms with Gasteiger partial charge in [0.2, 0.25) is 0 Å². The number of aryl methyl sites for hydroxylation is 1. The molecule has 108 valence electrons. The van der Waals surface area contributed by atoms with Crippen LogP contribution in [0, 0.1) is 6.92 Å². The zero-order chi connectivity index (χ0) is 14.5. The van der Waals surface area contributed by atoms with E-state index in [1.54, 1.807) is 0 Å². The molecule has 2 aromatic rings. The van der Waals surface area contributed by atoms with E-state index in [0.717, 1.165) is 24.4 Å². The van der Waals surface area contributed by atoms with Gasteiger partial charge < -0.3 is 10.2 Å². The average molecular weight is 271 g/mol. The summed E-state index contributed by atoms with van der Waals surface area (Å²) in [6.07, 6.45) is 1.18. The molecule has 3 nitrogen and oxygen atoms in total. The van der Waals surface area contributed by atoms with Gasteiger partial charge in [-0.2, -0.15) is 0 Å². The zero-order valence-corrected chi connectivity index (χ0v) is 13.0. The lowest BCUT2D eigenvalue weighted by Gasteiger charge is -2.23. The molecular formula is C17H25N3. The van der Waals surface area contributed by atoms with Gasteiger partial charge in [0.1, 0.15) is 5.82 Å². The number of fused-ring (bicyclic) bond motifs is 1. The number of nitrogens with zero attached hydrogens (tertiary/aromatic N) is 2. The summed E-state index contributed by atoms with van der Waals surface area (Å²) in [5, 5.41) is 4.66. The van der Waals surface area contributed by atoms with Crippen LogP contribution in [0.4, 0.5) is 5.82 Å². The minimum Gasteiger partial charge on any atom is -0.369 e. The number of pyridine rings is 1. The molecule has 0 amide bonds. The summed E-state index contributed by atoms with van der Waals surface area (Å²) < 4.78 is 0. The second-order valence-electron chi connectivity index (χ2n) is 5.51. The van der Waals surface area contributed by atoms with Gasteiger partial charge in [0.15, 0.2) is 0 Å². The summed E-state index contributed by atoms with van der Waals surface area (Å²) in [5.74, 6) is 1.00. The lowest BCUT2D eigenvalue weighted by molar-refractivity contribution is 0.261. The van der Waals surface area contributed by atoms with E-state index in [9.17, 15) is 0 Å². The van der Waals surface area contributed by atoms with Crippen molar-refractivity contribution in [1.29, 1.82) is 0 Å². The van der Waals surface area contributed by atoms with Gasteiger partial charge >= 0.3 is 0 Å². The average Bonchev–Trinajstić information content (AvgIpc) is 2.46. The van der Waals surface area contributed by atoms with Gasteiger partial charge in [-0.05, 0) is 45.0 Å². The minimum absolute atomic E-state index is 0.627. The maximum Gasteiger partial charge on any atom is 0.129 e. The van der Waals surface area contributed by atoms with Crippen molar-refractivity contribution in [3.05, 3.63) is 35.9 Å². The minimum atomic E-state index is 0.627. The highest BCUT2D eigenvalue weighted by molar-refractivity contribution is 5.81. The van der Waals surface area contributed by atoms with Crippen molar-refractivity contribution in [2.24, 2.45) is 0 Å². The quantitative estimate of drug-likeness (QED) is 0.868. The van der Waals surface area contributed by atoms with Crippen LogP contribution in [0.15, 0.2) is 30.3 Å². The summed E-state index contributed by atoms with van der Waals surface area (Å²) >= 11 is 0. The molecule has 3 heteroatoms. The lowest BCUT2D eigenvalue weighted by atomic mass is 10.1. The van der Waals surface area contributed by atoms with Crippen LogP contribution < -0.4 is 5.32 Å². The molecule has 0 saturated heterocycles. The fourth-order valence-electron chi connectivity index (χ4n) is 2.28. The Morgan fingerprint density at radius 3 is 2.80 bits per heavy atom. The van der Waals surface area contributed by atoms with Crippen LogP contribution in [0.2, 0.25) is 0 Å². The second-order valence-corrected chi connectivity index (χ2v) is 5.51. The molecule has 0 fully saturated rings. The van der Waals surface area contributed by atoms with E-state index in [1.165, 1.54) is 17.4 Å². The molecule has 0 spiro atoms. The predicted octanol–water partition coefficient (Wildman–Crippen LogP) is 3.69. The van der Waals surface area contributed by atoms with Gasteiger partial charge in [-0.25, -0.2) is 4.98 Å². The van der Waals surface area contributed by atoms with Crippen LogP contribution >= 0.6 is 0 Å². The summed E-state index contributed by atoms with van der Waals surface area (Å²) in [6, 6.07) is 11.1. The highest BCUT2D eigenvalue weighted by Gasteiger charge is 2.07. The summed E-state index contributed by atoms with van der Waals surface area (Å²) in [4.78, 5) is 7.09. The summed E-state index contributed by atoms with van der Waals surface area (Å²) in [7, 11) is 2.18. The largest absolute Gasteiger partial charge is 0.369 e. The first-order valence-electron chi connectivity index (χ1n) is 7.42. The Morgan fingerprint density at radius 1 is 1.30 bits per heavy atom. The first kappa shape index (κ1) is 14.8. The lowest BCUT2D eigenvalue weighted by Crippen LogP contribution is -2.32. The van der Waals surface area contributed by atoms with Crippen LogP contribution in [0.3, 0.4) is 0 Å². The van der Waals surface area contributed by atoms with Crippen molar-refractivity contribution in [3.8, 4) is 0 Å². The van der Waals surface area contributed by atoms with Gasteiger partial charge in [-0.1, -0.05) is 25.1 Å². The Balaban J connectivity index is 2.01. The van der Waals surface area contributed by atoms with Gasteiger partial charge in [-0.15, -0.1) is 0 Å². The van der Waals surface area contributed by atoms with E-state index < -0.39 is 0 Å². The standard InChI is InChI=1S/C17H25N3/c1-5-14(3)20(4)11-10-18-17-13(2)12-15-8-6-7-9-16(15)19-17/h6-9,12,14H,5,10-11H2,1-4H3,(H,18,19). The van der Waals surface area contributed by atoms with E-state index in [-0.39, 0.29) is 0 Å². The molecule has 1 aromatic carbocycles. The summed E-state index contributed by atoms with van der Waals surface area (Å²) in [6.45, 7) is 8.55. The van der Waals surface area contributed by atoms with Gasteiger partial charge in [0, 0.05) is 24.5 Å². The molecular weight excluding hydrogens is 246 g/mol. The third kappa shape index (κ3) is 3.48. The normalized spacial score (nSPS) is 12.8. The molecule has 20 heavy (non-hydrogen) atoms. The van der Waals surface area contributed by atoms with Crippen molar-refractivity contribution >= 4 is 16.7 Å². The van der Waals surface area contributed by atoms with E-state index in [0.29, 0.717) is 6.04 Å². The van der Waals surface area contributed by atoms with Crippen LogP contribution in [0.1, 0.15) is 25.8 Å². The molecule has 1 unspecified atom stereocenters. The topological polar surface area (TPSA) is 28.2 Å². The Morgan fingerprint density at radius 2 is 2.05 bits per heavy atom. The zero-order valence-electron chi connectivity index (χ0n) is 13.0. The number of hydrogen-bond donors (Lipinski definition) is 1. The van der Waals surface area contributed by atoms with E-state index >= 15 is 0 Å². The highest BCUT2D eigenvalue weighted by Crippen LogP contribution is 2.19. The summed E-state index contributed by atoms with van der Waals surface area (Å²) in [5.41, 5.74) is 2.26. The molecule has 1 atom stereocenters. The smallest absolute Gasteiger partial charge is 0.129 e. The SMILES string of the molecule is CCC(C)N(C)CCNc1nc2ccccc2cc1C. The third-order valence-corrected chi connectivity index (χ3v) is 4.01. The Kier molecular flexibility index (Phi) is 4.96.